The van der Waals surface area contributed by atoms with Gasteiger partial charge in [0.15, 0.2) is 0 Å². The number of cyclic esters (lactones) is 1. The van der Waals surface area contributed by atoms with E-state index in [9.17, 15) is 9.59 Å². The Morgan fingerprint density at radius 3 is 2.73 bits per heavy atom. The molecule has 0 unspecified atom stereocenters. The van der Waals surface area contributed by atoms with E-state index in [4.69, 9.17) is 5.11 Å². The van der Waals surface area contributed by atoms with Gasteiger partial charge in [-0.3, -0.25) is 0 Å². The molecular weight excluding hydrogens is 148 g/mol. The molecule has 1 aliphatic rings. The Hall–Kier alpha value is -1.58. The number of ether oxygens (including phenoxy) is 1. The second-order valence-corrected chi connectivity index (χ2v) is 2.10. The number of hydrogen-bond acceptors (Lipinski definition) is 3. The van der Waals surface area contributed by atoms with Crippen LogP contribution in [0.1, 0.15) is 6.92 Å². The third kappa shape index (κ3) is 1.67. The minimum atomic E-state index is -1.13. The van der Waals surface area contributed by atoms with Crippen molar-refractivity contribution >= 4 is 11.9 Å². The summed E-state index contributed by atoms with van der Waals surface area (Å²) in [7, 11) is 0. The second kappa shape index (κ2) is 2.57. The van der Waals surface area contributed by atoms with Crippen LogP contribution < -0.4 is 0 Å². The van der Waals surface area contributed by atoms with Crippen LogP contribution in [0, 0.1) is 0 Å². The van der Waals surface area contributed by atoms with Gasteiger partial charge in [-0.05, 0) is 13.0 Å². The molecule has 1 N–H and O–H groups in total. The summed E-state index contributed by atoms with van der Waals surface area (Å²) < 4.78 is 4.53. The molecule has 4 nitrogen and oxygen atoms in total. The maximum Gasteiger partial charge on any atom is 0.339 e. The molecule has 0 aromatic carbocycles. The molecule has 0 saturated carbocycles. The Morgan fingerprint density at radius 2 is 2.36 bits per heavy atom. The Kier molecular flexibility index (Phi) is 1.76. The topological polar surface area (TPSA) is 63.6 Å². The predicted molar refractivity (Wildman–Crippen MR) is 35.6 cm³/mol. The van der Waals surface area contributed by atoms with Crippen molar-refractivity contribution in [1.82, 2.24) is 0 Å². The van der Waals surface area contributed by atoms with Crippen LogP contribution in [0.5, 0.6) is 0 Å². The van der Waals surface area contributed by atoms with E-state index in [1.807, 2.05) is 0 Å². The molecule has 0 bridgehead atoms. The van der Waals surface area contributed by atoms with E-state index in [0.717, 1.165) is 6.08 Å². The van der Waals surface area contributed by atoms with Gasteiger partial charge in [0.1, 0.15) is 5.76 Å². The lowest BCUT2D eigenvalue weighted by Crippen LogP contribution is -1.96. The Bertz CT molecular complexity index is 272. The fourth-order valence-electron chi connectivity index (χ4n) is 0.682. The monoisotopic (exact) mass is 154 g/mol. The summed E-state index contributed by atoms with van der Waals surface area (Å²) in [4.78, 5) is 20.7. The molecule has 0 radical (unpaired) electrons. The number of esters is 1. The lowest BCUT2D eigenvalue weighted by atomic mass is 10.3. The zero-order chi connectivity index (χ0) is 8.43. The SMILES string of the molecule is CC1=CC(=CC(=O)O)OC1=O. The number of hydrogen-bond donors (Lipinski definition) is 1. The molecule has 0 aromatic heterocycles. The minimum Gasteiger partial charge on any atom is -0.478 e. The first-order valence-corrected chi connectivity index (χ1v) is 2.94. The summed E-state index contributed by atoms with van der Waals surface area (Å²) in [6.07, 6.45) is 2.23. The molecule has 11 heavy (non-hydrogen) atoms. The van der Waals surface area contributed by atoms with Gasteiger partial charge in [-0.25, -0.2) is 9.59 Å². The van der Waals surface area contributed by atoms with E-state index in [-0.39, 0.29) is 5.76 Å². The largest absolute Gasteiger partial charge is 0.478 e. The fraction of sp³-hybridized carbons (Fsp3) is 0.143. The van der Waals surface area contributed by atoms with Crippen molar-refractivity contribution in [1.29, 1.82) is 0 Å². The van der Waals surface area contributed by atoms with Crippen molar-refractivity contribution in [2.24, 2.45) is 0 Å². The Morgan fingerprint density at radius 1 is 1.73 bits per heavy atom. The van der Waals surface area contributed by atoms with Gasteiger partial charge in [0.2, 0.25) is 0 Å². The average molecular weight is 154 g/mol. The van der Waals surface area contributed by atoms with E-state index in [1.54, 1.807) is 6.92 Å². The molecule has 1 aliphatic heterocycles. The molecule has 0 aromatic rings. The first-order chi connectivity index (χ1) is 5.09. The van der Waals surface area contributed by atoms with E-state index < -0.39 is 11.9 Å². The van der Waals surface area contributed by atoms with Gasteiger partial charge < -0.3 is 9.84 Å². The van der Waals surface area contributed by atoms with Gasteiger partial charge in [-0.1, -0.05) is 0 Å². The van der Waals surface area contributed by atoms with Crippen LogP contribution in [0.3, 0.4) is 0 Å². The summed E-state index contributed by atoms with van der Waals surface area (Å²) in [6, 6.07) is 0. The highest BCUT2D eigenvalue weighted by Crippen LogP contribution is 2.15. The fourth-order valence-corrected chi connectivity index (χ4v) is 0.682. The normalized spacial score (nSPS) is 19.9. The standard InChI is InChI=1S/C7H6O4/c1-4-2-5(3-6(8)9)11-7(4)10/h2-3H,1H3,(H,8,9). The molecule has 0 spiro atoms. The van der Waals surface area contributed by atoms with Crippen molar-refractivity contribution in [3.8, 4) is 0 Å². The van der Waals surface area contributed by atoms with Gasteiger partial charge in [0.25, 0.3) is 0 Å². The number of rotatable bonds is 1. The van der Waals surface area contributed by atoms with Crippen LogP contribution in [-0.2, 0) is 14.3 Å². The lowest BCUT2D eigenvalue weighted by molar-refractivity contribution is -0.133. The highest BCUT2D eigenvalue weighted by Gasteiger charge is 2.17. The molecule has 1 heterocycles. The van der Waals surface area contributed by atoms with Gasteiger partial charge in [-0.15, -0.1) is 0 Å². The first-order valence-electron chi connectivity index (χ1n) is 2.94. The van der Waals surface area contributed by atoms with Crippen LogP contribution >= 0.6 is 0 Å². The molecule has 4 heteroatoms. The molecule has 58 valence electrons. The summed E-state index contributed by atoms with van der Waals surface area (Å²) in [5.41, 5.74) is 0.414. The third-order valence-corrected chi connectivity index (χ3v) is 1.16. The van der Waals surface area contributed by atoms with E-state index in [0.29, 0.717) is 5.57 Å². The quantitative estimate of drug-likeness (QED) is 0.440. The number of aliphatic carboxylic acids is 1. The predicted octanol–water partition coefficient (Wildman–Crippen LogP) is 0.458. The smallest absolute Gasteiger partial charge is 0.339 e. The molecule has 0 saturated heterocycles. The summed E-state index contributed by atoms with van der Waals surface area (Å²) in [5, 5.41) is 8.25. The molecule has 1 rings (SSSR count). The van der Waals surface area contributed by atoms with Crippen LogP contribution in [0.15, 0.2) is 23.5 Å². The number of carboxylic acid groups (broad SMARTS) is 1. The summed E-state index contributed by atoms with van der Waals surface area (Å²) in [5.74, 6) is -1.53. The van der Waals surface area contributed by atoms with Crippen molar-refractivity contribution < 1.29 is 19.4 Å². The number of carbonyl (C=O) groups is 2. The number of allylic oxidation sites excluding steroid dienone is 1. The van der Waals surface area contributed by atoms with Crippen LogP contribution in [-0.4, -0.2) is 17.0 Å². The minimum absolute atomic E-state index is 0.0833. The first kappa shape index (κ1) is 7.53. The maximum atomic E-state index is 10.6. The number of carbonyl (C=O) groups excluding carboxylic acids is 1. The average Bonchev–Trinajstić information content (AvgIpc) is 2.10. The van der Waals surface area contributed by atoms with Gasteiger partial charge in [0.05, 0.1) is 6.08 Å². The van der Waals surface area contributed by atoms with Crippen molar-refractivity contribution in [3.05, 3.63) is 23.5 Å². The van der Waals surface area contributed by atoms with E-state index in [1.165, 1.54) is 6.08 Å². The molecule has 0 amide bonds. The highest BCUT2D eigenvalue weighted by atomic mass is 16.5. The van der Waals surface area contributed by atoms with Crippen molar-refractivity contribution in [2.45, 2.75) is 6.92 Å². The van der Waals surface area contributed by atoms with E-state index in [2.05, 4.69) is 4.74 Å². The van der Waals surface area contributed by atoms with Crippen LogP contribution in [0.25, 0.3) is 0 Å². The molecule has 0 aliphatic carbocycles. The lowest BCUT2D eigenvalue weighted by Gasteiger charge is -1.91. The molecule has 0 fully saturated rings. The highest BCUT2D eigenvalue weighted by molar-refractivity contribution is 5.93. The number of carboxylic acids is 1. The molecular formula is C7H6O4. The maximum absolute atomic E-state index is 10.6. The summed E-state index contributed by atoms with van der Waals surface area (Å²) in [6.45, 7) is 1.56. The van der Waals surface area contributed by atoms with E-state index >= 15 is 0 Å². The Balaban J connectivity index is 2.83. The zero-order valence-corrected chi connectivity index (χ0v) is 5.83. The third-order valence-electron chi connectivity index (χ3n) is 1.16. The van der Waals surface area contributed by atoms with Crippen molar-refractivity contribution in [3.63, 3.8) is 0 Å². The van der Waals surface area contributed by atoms with Gasteiger partial charge >= 0.3 is 11.9 Å². The van der Waals surface area contributed by atoms with Gasteiger partial charge in [0, 0.05) is 5.57 Å². The zero-order valence-electron chi connectivity index (χ0n) is 5.83. The Labute approximate surface area is 62.8 Å². The van der Waals surface area contributed by atoms with Crippen molar-refractivity contribution in [2.75, 3.05) is 0 Å². The van der Waals surface area contributed by atoms with Gasteiger partial charge in [-0.2, -0.15) is 0 Å². The summed E-state index contributed by atoms with van der Waals surface area (Å²) >= 11 is 0. The van der Waals surface area contributed by atoms with Crippen LogP contribution in [0.2, 0.25) is 0 Å². The molecule has 0 atom stereocenters. The van der Waals surface area contributed by atoms with Crippen LogP contribution in [0.4, 0.5) is 0 Å². The second-order valence-electron chi connectivity index (χ2n) is 2.10.